The molecule has 0 radical (unpaired) electrons. The van der Waals surface area contributed by atoms with Crippen molar-refractivity contribution in [2.24, 2.45) is 0 Å². The van der Waals surface area contributed by atoms with Crippen molar-refractivity contribution in [2.75, 3.05) is 0 Å². The second-order valence-electron chi connectivity index (χ2n) is 2.41. The first-order valence-corrected chi connectivity index (χ1v) is 5.91. The van der Waals surface area contributed by atoms with Gasteiger partial charge in [0, 0.05) is 0 Å². The predicted octanol–water partition coefficient (Wildman–Crippen LogP) is 6.69. The van der Waals surface area contributed by atoms with Crippen molar-refractivity contribution in [3.05, 3.63) is 0 Å². The maximum Gasteiger partial charge on any atom is -0.0533 e. The lowest BCUT2D eigenvalue weighted by molar-refractivity contribution is 0.624. The van der Waals surface area contributed by atoms with Crippen LogP contribution in [0, 0.1) is 0 Å². The molecule has 0 N–H and O–H groups in total. The van der Waals surface area contributed by atoms with E-state index >= 15 is 0 Å². The van der Waals surface area contributed by atoms with E-state index in [4.69, 9.17) is 0 Å². The molecule has 0 aromatic heterocycles. The van der Waals surface area contributed by atoms with Crippen molar-refractivity contribution in [3.63, 3.8) is 0 Å². The maximum atomic E-state index is 2.26. The molecule has 0 aliphatic rings. The highest BCUT2D eigenvalue weighted by atomic mass is 13.9. The van der Waals surface area contributed by atoms with Crippen molar-refractivity contribution >= 4 is 0 Å². The van der Waals surface area contributed by atoms with Crippen LogP contribution < -0.4 is 0 Å². The number of unbranched alkanes of at least 4 members (excludes halogenated alkanes) is 5. The molecule has 0 aromatic carbocycles. The van der Waals surface area contributed by atoms with Crippen LogP contribution >= 0.6 is 0 Å². The maximum absolute atomic E-state index is 2.26. The second kappa shape index (κ2) is 52.0. The number of hydrogen-bond donors (Lipinski definition) is 0. The Kier molecular flexibility index (Phi) is 108. The fourth-order valence-electron chi connectivity index (χ4n) is 0.854. The van der Waals surface area contributed by atoms with Crippen LogP contribution in [0.1, 0.15) is 94.9 Å². The Labute approximate surface area is 95.5 Å². The molecule has 0 aromatic rings. The summed E-state index contributed by atoms with van der Waals surface area (Å²) in [6.07, 6.45) is 8.49. The van der Waals surface area contributed by atoms with E-state index in [2.05, 4.69) is 13.8 Å². The fourth-order valence-corrected chi connectivity index (χ4v) is 0.854. The van der Waals surface area contributed by atoms with Crippen LogP contribution in [0.3, 0.4) is 0 Å². The van der Waals surface area contributed by atoms with Crippen LogP contribution in [-0.4, -0.2) is 0 Å². The van der Waals surface area contributed by atoms with Crippen molar-refractivity contribution < 1.29 is 0 Å². The molecule has 0 spiro atoms. The molecule has 0 nitrogen and oxygen atoms in total. The van der Waals surface area contributed by atoms with Gasteiger partial charge in [0.05, 0.1) is 0 Å². The minimum Gasteiger partial charge on any atom is -0.0776 e. The number of hydrogen-bond acceptors (Lipinski definition) is 0. The topological polar surface area (TPSA) is 0 Å². The van der Waals surface area contributed by atoms with Crippen molar-refractivity contribution in [2.45, 2.75) is 94.9 Å². The first-order chi connectivity index (χ1) is 5.91. The first kappa shape index (κ1) is 29.2. The largest absolute Gasteiger partial charge is 0.0776 e. The minimum atomic E-state index is 0. The first-order valence-electron chi connectivity index (χ1n) is 5.91. The normalized spacial score (nSPS) is 6.43. The zero-order valence-corrected chi connectivity index (χ0v) is 10.2. The molecular formula is C14H38. The van der Waals surface area contributed by atoms with E-state index in [-0.39, 0.29) is 14.9 Å². The second-order valence-corrected chi connectivity index (χ2v) is 2.41. The lowest BCUT2D eigenvalue weighted by Gasteiger charge is -1.93. The Balaban J connectivity index is -0.0000000400. The summed E-state index contributed by atoms with van der Waals surface area (Å²) in [5.41, 5.74) is 0. The molecule has 0 heterocycles. The molecule has 0 bridgehead atoms. The molecule has 0 rings (SSSR count). The van der Waals surface area contributed by atoms with Gasteiger partial charge in [-0.3, -0.25) is 0 Å². The van der Waals surface area contributed by atoms with Gasteiger partial charge in [0.15, 0.2) is 0 Å². The highest BCUT2D eigenvalue weighted by Gasteiger charge is 1.83. The monoisotopic (exact) mass is 206 g/mol. The zero-order chi connectivity index (χ0) is 10.2. The molecule has 0 fully saturated rings. The van der Waals surface area contributed by atoms with E-state index in [1.807, 2.05) is 27.7 Å². The van der Waals surface area contributed by atoms with Gasteiger partial charge in [-0.05, 0) is 0 Å². The summed E-state index contributed by atoms with van der Waals surface area (Å²) in [5, 5.41) is 0. The Morgan fingerprint density at radius 3 is 0.857 bits per heavy atom. The summed E-state index contributed by atoms with van der Waals surface area (Å²) < 4.78 is 0. The van der Waals surface area contributed by atoms with Crippen molar-refractivity contribution in [1.82, 2.24) is 0 Å². The summed E-state index contributed by atoms with van der Waals surface area (Å²) in [4.78, 5) is 0. The average Bonchev–Trinajstić information content (AvgIpc) is 2.19. The smallest absolute Gasteiger partial charge is 0.0533 e. The molecular weight excluding hydrogens is 168 g/mol. The number of rotatable bonds is 5. The van der Waals surface area contributed by atoms with Gasteiger partial charge in [0.2, 0.25) is 0 Å². The molecule has 0 aliphatic carbocycles. The van der Waals surface area contributed by atoms with Gasteiger partial charge >= 0.3 is 0 Å². The van der Waals surface area contributed by atoms with Gasteiger partial charge in [-0.2, -0.15) is 0 Å². The quantitative estimate of drug-likeness (QED) is 0.439. The van der Waals surface area contributed by atoms with Gasteiger partial charge in [0.1, 0.15) is 0 Å². The molecule has 0 amide bonds. The molecule has 14 heavy (non-hydrogen) atoms. The van der Waals surface area contributed by atoms with Crippen LogP contribution in [0.25, 0.3) is 0 Å². The van der Waals surface area contributed by atoms with E-state index in [1.165, 1.54) is 38.5 Å². The average molecular weight is 206 g/mol. The summed E-state index contributed by atoms with van der Waals surface area (Å²) in [5.74, 6) is 0. The zero-order valence-electron chi connectivity index (χ0n) is 10.2. The van der Waals surface area contributed by atoms with E-state index in [1.54, 1.807) is 0 Å². The predicted molar refractivity (Wildman–Crippen MR) is 75.2 cm³/mol. The van der Waals surface area contributed by atoms with Crippen LogP contribution in [-0.2, 0) is 0 Å². The molecule has 0 unspecified atom stereocenters. The Hall–Kier alpha value is 0. The van der Waals surface area contributed by atoms with Gasteiger partial charge < -0.3 is 0 Å². The van der Waals surface area contributed by atoms with Crippen LogP contribution in [0.5, 0.6) is 0 Å². The van der Waals surface area contributed by atoms with E-state index in [9.17, 15) is 0 Å². The summed E-state index contributed by atoms with van der Waals surface area (Å²) in [7, 11) is 0. The molecule has 0 heteroatoms. The van der Waals surface area contributed by atoms with Crippen LogP contribution in [0.4, 0.5) is 0 Å². The Morgan fingerprint density at radius 2 is 0.714 bits per heavy atom. The lowest BCUT2D eigenvalue weighted by Crippen LogP contribution is -1.73. The van der Waals surface area contributed by atoms with Crippen molar-refractivity contribution in [3.8, 4) is 0 Å². The molecule has 0 saturated heterocycles. The Bertz CT molecular complexity index is 25.0. The summed E-state index contributed by atoms with van der Waals surface area (Å²) in [6.45, 7) is 12.5. The van der Waals surface area contributed by atoms with Crippen LogP contribution in [0.15, 0.2) is 0 Å². The van der Waals surface area contributed by atoms with Gasteiger partial charge in [-0.1, -0.05) is 94.9 Å². The summed E-state index contributed by atoms with van der Waals surface area (Å²) >= 11 is 0. The third kappa shape index (κ3) is 58.1. The van der Waals surface area contributed by atoms with Crippen molar-refractivity contribution in [1.29, 1.82) is 0 Å². The van der Waals surface area contributed by atoms with E-state index in [0.29, 0.717) is 0 Å². The Morgan fingerprint density at radius 1 is 0.500 bits per heavy atom. The molecule has 94 valence electrons. The van der Waals surface area contributed by atoms with Gasteiger partial charge in [-0.25, -0.2) is 0 Å². The molecule has 0 atom stereocenters. The SMILES string of the molecule is C.C.CC.CC.CCCCCCCC. The standard InChI is InChI=1S/C8H18.2C2H6.2CH4/c1-3-5-7-8-6-4-2;2*1-2;;/h3-8H2,1-2H3;2*1-2H3;2*1H4. The highest BCUT2D eigenvalue weighted by molar-refractivity contribution is 4.39. The van der Waals surface area contributed by atoms with Gasteiger partial charge in [-0.15, -0.1) is 0 Å². The minimum absolute atomic E-state index is 0. The van der Waals surface area contributed by atoms with Crippen LogP contribution in [0.2, 0.25) is 0 Å². The molecule has 0 aliphatic heterocycles. The van der Waals surface area contributed by atoms with E-state index in [0.717, 1.165) is 0 Å². The summed E-state index contributed by atoms with van der Waals surface area (Å²) in [6, 6.07) is 0. The molecule has 0 saturated carbocycles. The third-order valence-corrected chi connectivity index (χ3v) is 1.46. The lowest BCUT2D eigenvalue weighted by atomic mass is 10.1. The highest BCUT2D eigenvalue weighted by Crippen LogP contribution is 2.03. The third-order valence-electron chi connectivity index (χ3n) is 1.46. The fraction of sp³-hybridized carbons (Fsp3) is 1.00. The van der Waals surface area contributed by atoms with Gasteiger partial charge in [0.25, 0.3) is 0 Å². The van der Waals surface area contributed by atoms with E-state index < -0.39 is 0 Å².